The summed E-state index contributed by atoms with van der Waals surface area (Å²) >= 11 is 3.45. The van der Waals surface area contributed by atoms with Crippen molar-refractivity contribution in [3.63, 3.8) is 0 Å². The van der Waals surface area contributed by atoms with Crippen molar-refractivity contribution >= 4 is 39.2 Å². The second-order valence-electron chi connectivity index (χ2n) is 7.13. The first-order valence-electron chi connectivity index (χ1n) is 10.1. The molecule has 3 aromatic carbocycles. The number of halogens is 1. The van der Waals surface area contributed by atoms with Gasteiger partial charge in [0.05, 0.1) is 25.9 Å². The van der Waals surface area contributed by atoms with Crippen LogP contribution < -0.4 is 19.5 Å². The Balaban J connectivity index is 1.83. The van der Waals surface area contributed by atoms with Gasteiger partial charge in [0.15, 0.2) is 18.1 Å². The van der Waals surface area contributed by atoms with Gasteiger partial charge in [-0.05, 0) is 72.7 Å². The number of nitrogens with one attached hydrogen (secondary N) is 1. The molecule has 0 spiro atoms. The van der Waals surface area contributed by atoms with E-state index in [-0.39, 0.29) is 12.5 Å². The molecule has 1 amide bonds. The molecule has 0 unspecified atom stereocenters. The zero-order valence-corrected chi connectivity index (χ0v) is 20.1. The Morgan fingerprint density at radius 3 is 2.48 bits per heavy atom. The van der Waals surface area contributed by atoms with Crippen molar-refractivity contribution in [3.05, 3.63) is 81.8 Å². The van der Waals surface area contributed by atoms with Crippen LogP contribution in [0, 0.1) is 18.3 Å². The van der Waals surface area contributed by atoms with Crippen molar-refractivity contribution in [2.75, 3.05) is 26.1 Å². The van der Waals surface area contributed by atoms with Crippen molar-refractivity contribution in [2.45, 2.75) is 6.92 Å². The first-order valence-corrected chi connectivity index (χ1v) is 10.9. The third-order valence-electron chi connectivity index (χ3n) is 4.75. The Morgan fingerprint density at radius 2 is 1.79 bits per heavy atom. The lowest BCUT2D eigenvalue weighted by molar-refractivity contribution is -0.118. The maximum Gasteiger partial charge on any atom is 0.262 e. The number of benzene rings is 3. The van der Waals surface area contributed by atoms with Crippen LogP contribution in [-0.4, -0.2) is 26.7 Å². The number of hydrogen-bond acceptors (Lipinski definition) is 5. The van der Waals surface area contributed by atoms with Crippen molar-refractivity contribution in [1.29, 1.82) is 5.26 Å². The minimum Gasteiger partial charge on any atom is -0.493 e. The molecule has 7 heteroatoms. The number of carbonyl (C=O) groups is 1. The largest absolute Gasteiger partial charge is 0.493 e. The number of nitrogens with zero attached hydrogens (tertiary/aromatic N) is 1. The Hall–Kier alpha value is -3.76. The summed E-state index contributed by atoms with van der Waals surface area (Å²) in [6.07, 6.45) is 1.71. The fourth-order valence-electron chi connectivity index (χ4n) is 3.17. The van der Waals surface area contributed by atoms with Gasteiger partial charge in [0, 0.05) is 15.7 Å². The van der Waals surface area contributed by atoms with E-state index in [9.17, 15) is 10.1 Å². The molecule has 0 saturated carbocycles. The molecule has 3 rings (SSSR count). The molecule has 0 aliphatic carbocycles. The highest BCUT2D eigenvalue weighted by Crippen LogP contribution is 2.32. The molecule has 0 aromatic heterocycles. The van der Waals surface area contributed by atoms with Gasteiger partial charge in [-0.1, -0.05) is 28.1 Å². The molecule has 0 radical (unpaired) electrons. The third kappa shape index (κ3) is 6.37. The summed E-state index contributed by atoms with van der Waals surface area (Å²) < 4.78 is 17.2. The Bertz CT molecular complexity index is 1230. The highest BCUT2D eigenvalue weighted by Gasteiger charge is 2.11. The van der Waals surface area contributed by atoms with Crippen molar-refractivity contribution < 1.29 is 19.0 Å². The van der Waals surface area contributed by atoms with Crippen LogP contribution in [0.1, 0.15) is 16.7 Å². The van der Waals surface area contributed by atoms with Crippen LogP contribution in [0.2, 0.25) is 0 Å². The molecule has 6 nitrogen and oxygen atoms in total. The lowest BCUT2D eigenvalue weighted by Gasteiger charge is -2.12. The summed E-state index contributed by atoms with van der Waals surface area (Å²) in [5, 5.41) is 12.6. The van der Waals surface area contributed by atoms with Gasteiger partial charge in [-0.2, -0.15) is 5.26 Å². The molecular weight excluding hydrogens is 484 g/mol. The van der Waals surface area contributed by atoms with Gasteiger partial charge in [-0.3, -0.25) is 4.79 Å². The third-order valence-corrected chi connectivity index (χ3v) is 5.24. The van der Waals surface area contributed by atoms with Crippen LogP contribution in [-0.2, 0) is 4.79 Å². The fraction of sp³-hybridized carbons (Fsp3) is 0.154. The lowest BCUT2D eigenvalue weighted by atomic mass is 10.0. The van der Waals surface area contributed by atoms with Gasteiger partial charge in [0.1, 0.15) is 5.75 Å². The maximum atomic E-state index is 12.4. The van der Waals surface area contributed by atoms with Gasteiger partial charge in [-0.15, -0.1) is 0 Å². The minimum atomic E-state index is -0.279. The zero-order valence-electron chi connectivity index (χ0n) is 18.5. The molecule has 0 atom stereocenters. The number of methoxy groups -OCH3 is 2. The zero-order chi connectivity index (χ0) is 23.8. The van der Waals surface area contributed by atoms with E-state index in [1.54, 1.807) is 44.6 Å². The molecule has 33 heavy (non-hydrogen) atoms. The molecule has 0 bridgehead atoms. The normalized spacial score (nSPS) is 10.8. The quantitative estimate of drug-likeness (QED) is 0.305. The van der Waals surface area contributed by atoms with Crippen LogP contribution in [0.25, 0.3) is 11.6 Å². The predicted molar refractivity (Wildman–Crippen MR) is 132 cm³/mol. The van der Waals surface area contributed by atoms with Gasteiger partial charge in [0.25, 0.3) is 5.91 Å². The van der Waals surface area contributed by atoms with E-state index in [1.807, 2.05) is 43.3 Å². The Labute approximate surface area is 201 Å². The molecule has 0 saturated heterocycles. The van der Waals surface area contributed by atoms with Gasteiger partial charge < -0.3 is 19.5 Å². The van der Waals surface area contributed by atoms with E-state index in [0.29, 0.717) is 39.6 Å². The van der Waals surface area contributed by atoms with Crippen LogP contribution in [0.15, 0.2) is 65.1 Å². The molecular formula is C26H23BrN2O4. The standard InChI is InChI=1S/C26H23BrN2O4/c1-17-5-4-6-22(11-17)29-26(30)16-33-23-10-8-21(27)13-19(23)12-20(15-28)18-7-9-24(31-2)25(14-18)32-3/h4-14H,16H2,1-3H3,(H,29,30)/b20-12+. The first kappa shape index (κ1) is 23.9. The molecule has 0 aliphatic heterocycles. The number of rotatable bonds is 8. The predicted octanol–water partition coefficient (Wildman–Crippen LogP) is 5.86. The summed E-state index contributed by atoms with van der Waals surface area (Å²) in [6, 6.07) is 20.4. The lowest BCUT2D eigenvalue weighted by Crippen LogP contribution is -2.20. The Kier molecular flexibility index (Phi) is 8.11. The van der Waals surface area contributed by atoms with Crippen molar-refractivity contribution in [1.82, 2.24) is 0 Å². The van der Waals surface area contributed by atoms with Gasteiger partial charge in [-0.25, -0.2) is 0 Å². The van der Waals surface area contributed by atoms with Crippen LogP contribution in [0.4, 0.5) is 5.69 Å². The fourth-order valence-corrected chi connectivity index (χ4v) is 3.54. The molecule has 1 N–H and O–H groups in total. The number of ether oxygens (including phenoxy) is 3. The monoisotopic (exact) mass is 506 g/mol. The Morgan fingerprint density at radius 1 is 1.03 bits per heavy atom. The summed E-state index contributed by atoms with van der Waals surface area (Å²) in [6.45, 7) is 1.78. The van der Waals surface area contributed by atoms with Crippen LogP contribution >= 0.6 is 15.9 Å². The highest BCUT2D eigenvalue weighted by molar-refractivity contribution is 9.10. The van der Waals surface area contributed by atoms with E-state index in [1.165, 1.54) is 0 Å². The van der Waals surface area contributed by atoms with Gasteiger partial charge in [0.2, 0.25) is 0 Å². The molecule has 168 valence electrons. The second-order valence-corrected chi connectivity index (χ2v) is 8.04. The van der Waals surface area contributed by atoms with E-state index in [0.717, 1.165) is 10.0 Å². The van der Waals surface area contributed by atoms with Crippen LogP contribution in [0.3, 0.4) is 0 Å². The van der Waals surface area contributed by atoms with Gasteiger partial charge >= 0.3 is 0 Å². The topological polar surface area (TPSA) is 80.6 Å². The number of hydrogen-bond donors (Lipinski definition) is 1. The van der Waals surface area contributed by atoms with E-state index in [4.69, 9.17) is 14.2 Å². The number of carbonyl (C=O) groups excluding carboxylic acids is 1. The van der Waals surface area contributed by atoms with E-state index in [2.05, 4.69) is 27.3 Å². The number of amides is 1. The first-order chi connectivity index (χ1) is 15.9. The van der Waals surface area contributed by atoms with E-state index >= 15 is 0 Å². The average Bonchev–Trinajstić information content (AvgIpc) is 2.81. The number of aryl methyl sites for hydroxylation is 1. The summed E-state index contributed by atoms with van der Waals surface area (Å²) in [5.74, 6) is 1.30. The van der Waals surface area contributed by atoms with Crippen molar-refractivity contribution in [3.8, 4) is 23.3 Å². The number of allylic oxidation sites excluding steroid dienone is 1. The average molecular weight is 507 g/mol. The molecule has 3 aromatic rings. The molecule has 0 heterocycles. The summed E-state index contributed by atoms with van der Waals surface area (Å²) in [7, 11) is 3.10. The summed E-state index contributed by atoms with van der Waals surface area (Å²) in [5.41, 5.74) is 3.48. The molecule has 0 aliphatic rings. The van der Waals surface area contributed by atoms with E-state index < -0.39 is 0 Å². The maximum absolute atomic E-state index is 12.4. The smallest absolute Gasteiger partial charge is 0.262 e. The van der Waals surface area contributed by atoms with Crippen LogP contribution in [0.5, 0.6) is 17.2 Å². The summed E-state index contributed by atoms with van der Waals surface area (Å²) in [4.78, 5) is 12.4. The number of nitriles is 1. The van der Waals surface area contributed by atoms with Crippen molar-refractivity contribution in [2.24, 2.45) is 0 Å². The number of anilines is 1. The SMILES string of the molecule is COc1ccc(/C(C#N)=C/c2cc(Br)ccc2OCC(=O)Nc2cccc(C)c2)cc1OC. The molecule has 0 fully saturated rings. The highest BCUT2D eigenvalue weighted by atomic mass is 79.9. The minimum absolute atomic E-state index is 0.172. The second kappa shape index (κ2) is 11.2.